The van der Waals surface area contributed by atoms with Gasteiger partial charge in [0.2, 0.25) is 17.7 Å². The molecular weight excluding hydrogens is 530 g/mol. The Hall–Kier alpha value is -2.12. The quantitative estimate of drug-likeness (QED) is 0.110. The third-order valence-corrected chi connectivity index (χ3v) is 7.76. The molecule has 240 valence electrons. The molecule has 0 radical (unpaired) electrons. The van der Waals surface area contributed by atoms with Crippen LogP contribution in [0.4, 0.5) is 0 Å². The maximum Gasteiger partial charge on any atom is 0.242 e. The number of carbonyl (C=O) groups excluding carboxylic acids is 4. The maximum absolute atomic E-state index is 13.6. The van der Waals surface area contributed by atoms with Gasteiger partial charge in [-0.1, -0.05) is 54.4 Å². The number of hydrogen-bond acceptors (Lipinski definition) is 9. The van der Waals surface area contributed by atoms with E-state index in [9.17, 15) is 19.2 Å². The lowest BCUT2D eigenvalue weighted by Crippen LogP contribution is -2.55. The molecule has 0 saturated heterocycles. The van der Waals surface area contributed by atoms with E-state index in [4.69, 9.17) is 15.4 Å². The number of carbonyl (C=O) groups is 4. The van der Waals surface area contributed by atoms with E-state index < -0.39 is 30.3 Å². The highest BCUT2D eigenvalue weighted by Gasteiger charge is 2.37. The number of amides is 3. The van der Waals surface area contributed by atoms with Gasteiger partial charge in [0.1, 0.15) is 12.5 Å². The van der Waals surface area contributed by atoms with Crippen LogP contribution in [0.5, 0.6) is 0 Å². The van der Waals surface area contributed by atoms with Crippen LogP contribution in [0.1, 0.15) is 67.2 Å². The number of likely N-dealkylation sites (N-methyl/N-ethyl adjacent to an activating group) is 2. The molecule has 0 saturated carbocycles. The minimum atomic E-state index is -0.691. The molecule has 12 heteroatoms. The first-order chi connectivity index (χ1) is 19.4. The number of rotatable bonds is 22. The van der Waals surface area contributed by atoms with Gasteiger partial charge in [-0.2, -0.15) is 0 Å². The Bertz CT molecular complexity index is 785. The Labute approximate surface area is 247 Å². The first kappa shape index (κ1) is 38.9. The zero-order valence-electron chi connectivity index (χ0n) is 27.1. The summed E-state index contributed by atoms with van der Waals surface area (Å²) in [6, 6.07) is -0.893. The molecule has 0 bridgehead atoms. The standard InChI is InChI=1S/C29H57N5O7/c1-11-13-14-34(29(40-10)22(6)19-35)24(36)17-23(39-9)27(21(5)12-2)33(8)25(37)18-31-28(38)26(20(3)4)32(7)15-16-41-30/h19-23,26-27,29H,11-18,30H2,1-10H3,(H,31,38)/t21?,22?,23?,26?,27-,29?/m0/s1. The van der Waals surface area contributed by atoms with Crippen LogP contribution in [-0.4, -0.2) is 118 Å². The number of nitrogens with one attached hydrogen (secondary N) is 1. The van der Waals surface area contributed by atoms with Crippen molar-refractivity contribution in [2.45, 2.75) is 91.6 Å². The molecule has 12 nitrogen and oxygen atoms in total. The van der Waals surface area contributed by atoms with Gasteiger partial charge in [0, 0.05) is 34.4 Å². The Morgan fingerprint density at radius 2 is 1.61 bits per heavy atom. The van der Waals surface area contributed by atoms with E-state index >= 15 is 0 Å². The zero-order valence-corrected chi connectivity index (χ0v) is 27.1. The number of nitrogens with zero attached hydrogens (tertiary/aromatic N) is 3. The molecule has 5 unspecified atom stereocenters. The van der Waals surface area contributed by atoms with Gasteiger partial charge in [0.25, 0.3) is 0 Å². The highest BCUT2D eigenvalue weighted by Crippen LogP contribution is 2.24. The summed E-state index contributed by atoms with van der Waals surface area (Å²) in [5.41, 5.74) is 0. The third kappa shape index (κ3) is 12.3. The first-order valence-electron chi connectivity index (χ1n) is 14.7. The summed E-state index contributed by atoms with van der Waals surface area (Å²) < 4.78 is 11.4. The van der Waals surface area contributed by atoms with E-state index in [0.29, 0.717) is 13.1 Å². The summed E-state index contributed by atoms with van der Waals surface area (Å²) in [5.74, 6) is 3.87. The molecule has 0 aromatic rings. The van der Waals surface area contributed by atoms with Gasteiger partial charge >= 0.3 is 0 Å². The van der Waals surface area contributed by atoms with Gasteiger partial charge < -0.3 is 34.2 Å². The van der Waals surface area contributed by atoms with Crippen LogP contribution in [0.3, 0.4) is 0 Å². The molecule has 3 N–H and O–H groups in total. The Morgan fingerprint density at radius 1 is 0.976 bits per heavy atom. The lowest BCUT2D eigenvalue weighted by atomic mass is 9.90. The van der Waals surface area contributed by atoms with Gasteiger partial charge in [0.15, 0.2) is 0 Å². The number of methoxy groups -OCH3 is 2. The van der Waals surface area contributed by atoms with E-state index in [0.717, 1.165) is 25.5 Å². The smallest absolute Gasteiger partial charge is 0.242 e. The fourth-order valence-corrected chi connectivity index (χ4v) is 5.19. The second-order valence-corrected chi connectivity index (χ2v) is 11.2. The van der Waals surface area contributed by atoms with E-state index in [1.54, 1.807) is 23.8 Å². The van der Waals surface area contributed by atoms with Crippen molar-refractivity contribution in [3.05, 3.63) is 0 Å². The molecular formula is C29H57N5O7. The molecule has 0 aliphatic heterocycles. The summed E-state index contributed by atoms with van der Waals surface area (Å²) in [5, 5.41) is 2.79. The first-order valence-corrected chi connectivity index (χ1v) is 14.7. The summed E-state index contributed by atoms with van der Waals surface area (Å²) in [4.78, 5) is 61.2. The average Bonchev–Trinajstić information content (AvgIpc) is 2.95. The third-order valence-electron chi connectivity index (χ3n) is 7.76. The summed E-state index contributed by atoms with van der Waals surface area (Å²) in [6.07, 6.45) is 1.86. The number of hydrogen-bond donors (Lipinski definition) is 2. The van der Waals surface area contributed by atoms with E-state index in [2.05, 4.69) is 10.2 Å². The number of aldehydes is 1. The summed E-state index contributed by atoms with van der Waals surface area (Å²) >= 11 is 0. The van der Waals surface area contributed by atoms with Crippen LogP contribution in [-0.2, 0) is 33.5 Å². The maximum atomic E-state index is 13.6. The van der Waals surface area contributed by atoms with Crippen LogP contribution >= 0.6 is 0 Å². The highest BCUT2D eigenvalue weighted by atomic mass is 16.6. The van der Waals surface area contributed by atoms with Crippen molar-refractivity contribution in [2.24, 2.45) is 23.7 Å². The Balaban J connectivity index is 5.81. The zero-order chi connectivity index (χ0) is 31.7. The highest BCUT2D eigenvalue weighted by molar-refractivity contribution is 5.87. The average molecular weight is 588 g/mol. The van der Waals surface area contributed by atoms with Crippen LogP contribution in [0.15, 0.2) is 0 Å². The molecule has 0 rings (SSSR count). The lowest BCUT2D eigenvalue weighted by Gasteiger charge is -2.39. The van der Waals surface area contributed by atoms with Crippen molar-refractivity contribution in [2.75, 3.05) is 54.6 Å². The molecule has 0 spiro atoms. The fourth-order valence-electron chi connectivity index (χ4n) is 5.19. The topological polar surface area (TPSA) is 144 Å². The van der Waals surface area contributed by atoms with Crippen LogP contribution in [0, 0.1) is 17.8 Å². The molecule has 0 aromatic heterocycles. The number of nitrogens with two attached hydrogens (primary N) is 1. The molecule has 0 fully saturated rings. The molecule has 0 heterocycles. The molecule has 0 aliphatic rings. The van der Waals surface area contributed by atoms with Crippen molar-refractivity contribution in [3.63, 3.8) is 0 Å². The van der Waals surface area contributed by atoms with Crippen molar-refractivity contribution in [1.29, 1.82) is 0 Å². The van der Waals surface area contributed by atoms with Gasteiger partial charge in [-0.15, -0.1) is 0 Å². The minimum absolute atomic E-state index is 0.000534. The SMILES string of the molecule is CCCCN(C(=O)CC(OC)[C@H](C(C)CC)N(C)C(=O)CNC(=O)C(C(C)C)N(C)CCON)C(OC)C(C)C=O. The molecule has 6 atom stereocenters. The second-order valence-electron chi connectivity index (χ2n) is 11.2. The van der Waals surface area contributed by atoms with Gasteiger partial charge in [-0.05, 0) is 25.3 Å². The molecule has 0 aliphatic carbocycles. The van der Waals surface area contributed by atoms with Gasteiger partial charge in [0.05, 0.1) is 43.7 Å². The van der Waals surface area contributed by atoms with Crippen LogP contribution < -0.4 is 11.2 Å². The number of unbranched alkanes of at least 4 members (excludes halogenated alkanes) is 1. The van der Waals surface area contributed by atoms with Gasteiger partial charge in [-0.25, -0.2) is 5.90 Å². The van der Waals surface area contributed by atoms with E-state index in [1.807, 2.05) is 46.6 Å². The fraction of sp³-hybridized carbons (Fsp3) is 0.862. The molecule has 0 aromatic carbocycles. The largest absolute Gasteiger partial charge is 0.379 e. The van der Waals surface area contributed by atoms with Crippen LogP contribution in [0.2, 0.25) is 0 Å². The van der Waals surface area contributed by atoms with Crippen molar-refractivity contribution in [3.8, 4) is 0 Å². The predicted molar refractivity (Wildman–Crippen MR) is 158 cm³/mol. The van der Waals surface area contributed by atoms with Crippen molar-refractivity contribution in [1.82, 2.24) is 20.0 Å². The van der Waals surface area contributed by atoms with Crippen LogP contribution in [0.25, 0.3) is 0 Å². The molecule has 41 heavy (non-hydrogen) atoms. The predicted octanol–water partition coefficient (Wildman–Crippen LogP) is 1.66. The Morgan fingerprint density at radius 3 is 2.07 bits per heavy atom. The van der Waals surface area contributed by atoms with E-state index in [-0.39, 0.29) is 49.1 Å². The number of ether oxygens (including phenoxy) is 2. The van der Waals surface area contributed by atoms with E-state index in [1.165, 1.54) is 14.2 Å². The second kappa shape index (κ2) is 20.7. The lowest BCUT2D eigenvalue weighted by molar-refractivity contribution is -0.155. The summed E-state index contributed by atoms with van der Waals surface area (Å²) in [7, 11) is 6.50. The monoisotopic (exact) mass is 587 g/mol. The molecule has 3 amide bonds. The van der Waals surface area contributed by atoms with Crippen molar-refractivity contribution < 1.29 is 33.5 Å². The summed E-state index contributed by atoms with van der Waals surface area (Å²) in [6.45, 7) is 12.6. The minimum Gasteiger partial charge on any atom is -0.379 e. The van der Waals surface area contributed by atoms with Gasteiger partial charge in [-0.3, -0.25) is 19.3 Å². The van der Waals surface area contributed by atoms with Crippen molar-refractivity contribution >= 4 is 24.0 Å². The normalized spacial score (nSPS) is 16.0. The Kier molecular flexibility index (Phi) is 19.6.